The molecule has 0 rings (SSSR count). The number of amides is 1. The van der Waals surface area contributed by atoms with Crippen molar-refractivity contribution in [3.8, 4) is 0 Å². The number of aliphatic hydroxyl groups excluding tert-OH is 1. The number of carbonyl (C=O) groups excluding carboxylic acids is 1. The number of aliphatic hydroxyl groups is 1. The van der Waals surface area contributed by atoms with Crippen LogP contribution in [0.2, 0.25) is 0 Å². The molecule has 0 aromatic heterocycles. The highest BCUT2D eigenvalue weighted by Gasteiger charge is 2.34. The number of hydrogen-bond donors (Lipinski definition) is 2. The van der Waals surface area contributed by atoms with E-state index in [1.807, 2.05) is 6.26 Å². The molecule has 0 radical (unpaired) electrons. The van der Waals surface area contributed by atoms with Gasteiger partial charge in [0.1, 0.15) is 6.54 Å². The van der Waals surface area contributed by atoms with Crippen LogP contribution in [0.1, 0.15) is 6.42 Å². The van der Waals surface area contributed by atoms with Crippen LogP contribution in [0.4, 0.5) is 13.2 Å². The van der Waals surface area contributed by atoms with Crippen molar-refractivity contribution in [2.24, 2.45) is 5.73 Å². The summed E-state index contributed by atoms with van der Waals surface area (Å²) < 4.78 is 36.6. The van der Waals surface area contributed by atoms with Crippen molar-refractivity contribution in [2.75, 3.05) is 31.7 Å². The maximum Gasteiger partial charge on any atom is 0.406 e. The zero-order valence-corrected chi connectivity index (χ0v) is 10.4. The van der Waals surface area contributed by atoms with Crippen LogP contribution in [0.5, 0.6) is 0 Å². The fraction of sp³-hybridized carbons (Fsp3) is 0.889. The largest absolute Gasteiger partial charge is 0.406 e. The Hall–Kier alpha value is -0.470. The van der Waals surface area contributed by atoms with E-state index in [0.717, 1.165) is 0 Å². The van der Waals surface area contributed by atoms with E-state index < -0.39 is 31.3 Å². The van der Waals surface area contributed by atoms with E-state index in [1.54, 1.807) is 0 Å². The molecular weight excluding hydrogens is 257 g/mol. The molecule has 0 fully saturated rings. The lowest BCUT2D eigenvalue weighted by atomic mass is 10.2. The molecule has 1 atom stereocenters. The van der Waals surface area contributed by atoms with Gasteiger partial charge in [-0.2, -0.15) is 24.9 Å². The minimum Gasteiger partial charge on any atom is -0.395 e. The van der Waals surface area contributed by atoms with Gasteiger partial charge in [-0.05, 0) is 18.4 Å². The van der Waals surface area contributed by atoms with Crippen LogP contribution in [0, 0.1) is 0 Å². The fourth-order valence-corrected chi connectivity index (χ4v) is 1.70. The molecule has 0 heterocycles. The van der Waals surface area contributed by atoms with Gasteiger partial charge in [0.25, 0.3) is 0 Å². The van der Waals surface area contributed by atoms with Crippen molar-refractivity contribution in [3.63, 3.8) is 0 Å². The number of nitrogens with zero attached hydrogens (tertiary/aromatic N) is 1. The minimum absolute atomic E-state index is 0.319. The Kier molecular flexibility index (Phi) is 7.56. The van der Waals surface area contributed by atoms with Crippen molar-refractivity contribution < 1.29 is 23.1 Å². The number of carbonyl (C=O) groups is 1. The predicted molar refractivity (Wildman–Crippen MR) is 60.7 cm³/mol. The lowest BCUT2D eigenvalue weighted by Crippen LogP contribution is -2.48. The maximum absolute atomic E-state index is 12.2. The summed E-state index contributed by atoms with van der Waals surface area (Å²) in [5, 5.41) is 8.63. The predicted octanol–water partition coefficient (Wildman–Crippen LogP) is 0.450. The SMILES string of the molecule is CSCC[C@@H](N)C(=O)N(CCO)CC(F)(F)F. The standard InChI is InChI=1S/C9H17F3N2O2S/c1-17-5-2-7(13)8(16)14(3-4-15)6-9(10,11)12/h7,15H,2-6,13H2,1H3/t7-/m1/s1. The molecule has 0 aliphatic heterocycles. The van der Waals surface area contributed by atoms with E-state index in [4.69, 9.17) is 10.8 Å². The van der Waals surface area contributed by atoms with Gasteiger partial charge in [0, 0.05) is 6.54 Å². The summed E-state index contributed by atoms with van der Waals surface area (Å²) in [5.41, 5.74) is 5.50. The van der Waals surface area contributed by atoms with E-state index in [1.165, 1.54) is 11.8 Å². The minimum atomic E-state index is -4.48. The van der Waals surface area contributed by atoms with Crippen LogP contribution in [0.3, 0.4) is 0 Å². The monoisotopic (exact) mass is 274 g/mol. The molecular formula is C9H17F3N2O2S. The average Bonchev–Trinajstić information content (AvgIpc) is 2.22. The van der Waals surface area contributed by atoms with Crippen molar-refractivity contribution >= 4 is 17.7 Å². The lowest BCUT2D eigenvalue weighted by molar-refractivity contribution is -0.162. The van der Waals surface area contributed by atoms with Crippen LogP contribution in [0.25, 0.3) is 0 Å². The van der Waals surface area contributed by atoms with Crippen molar-refractivity contribution in [1.82, 2.24) is 4.90 Å². The van der Waals surface area contributed by atoms with Crippen LogP contribution >= 0.6 is 11.8 Å². The highest BCUT2D eigenvalue weighted by Crippen LogP contribution is 2.17. The average molecular weight is 274 g/mol. The maximum atomic E-state index is 12.2. The third-order valence-electron chi connectivity index (χ3n) is 2.00. The van der Waals surface area contributed by atoms with Crippen molar-refractivity contribution in [3.05, 3.63) is 0 Å². The van der Waals surface area contributed by atoms with Crippen LogP contribution in [-0.4, -0.2) is 59.8 Å². The molecule has 0 saturated heterocycles. The van der Waals surface area contributed by atoms with Gasteiger partial charge in [-0.25, -0.2) is 0 Å². The topological polar surface area (TPSA) is 66.6 Å². The van der Waals surface area contributed by atoms with Gasteiger partial charge in [0.15, 0.2) is 0 Å². The van der Waals surface area contributed by atoms with E-state index in [2.05, 4.69) is 0 Å². The highest BCUT2D eigenvalue weighted by molar-refractivity contribution is 7.98. The molecule has 8 heteroatoms. The van der Waals surface area contributed by atoms with Crippen LogP contribution < -0.4 is 5.73 Å². The fourth-order valence-electron chi connectivity index (χ4n) is 1.21. The Labute approximate surface area is 102 Å². The molecule has 0 spiro atoms. The summed E-state index contributed by atoms with van der Waals surface area (Å²) in [6.45, 7) is -2.25. The Bertz CT molecular complexity index is 239. The van der Waals surface area contributed by atoms with Gasteiger partial charge in [-0.1, -0.05) is 0 Å². The van der Waals surface area contributed by atoms with E-state index in [0.29, 0.717) is 17.1 Å². The zero-order valence-electron chi connectivity index (χ0n) is 9.54. The normalized spacial score (nSPS) is 13.5. The summed E-state index contributed by atoms with van der Waals surface area (Å²) in [5.74, 6) is -0.170. The number of nitrogens with two attached hydrogens (primary N) is 1. The number of rotatable bonds is 7. The Morgan fingerprint density at radius 1 is 1.53 bits per heavy atom. The van der Waals surface area contributed by atoms with E-state index in [-0.39, 0.29) is 6.54 Å². The van der Waals surface area contributed by atoms with Gasteiger partial charge in [-0.15, -0.1) is 0 Å². The Morgan fingerprint density at radius 3 is 2.53 bits per heavy atom. The summed E-state index contributed by atoms with van der Waals surface area (Å²) in [6, 6.07) is -0.948. The third-order valence-corrected chi connectivity index (χ3v) is 2.65. The van der Waals surface area contributed by atoms with Gasteiger partial charge < -0.3 is 15.7 Å². The first-order valence-corrected chi connectivity index (χ1v) is 6.42. The second-order valence-corrected chi connectivity index (χ2v) is 4.47. The Morgan fingerprint density at radius 2 is 2.12 bits per heavy atom. The molecule has 0 aromatic rings. The summed E-state index contributed by atoms with van der Waals surface area (Å²) in [6.07, 6.45) is -2.34. The highest BCUT2D eigenvalue weighted by atomic mass is 32.2. The zero-order chi connectivity index (χ0) is 13.5. The third kappa shape index (κ3) is 7.45. The van der Waals surface area contributed by atoms with E-state index in [9.17, 15) is 18.0 Å². The molecule has 0 saturated carbocycles. The number of alkyl halides is 3. The second kappa shape index (κ2) is 7.78. The number of thioether (sulfide) groups is 1. The van der Waals surface area contributed by atoms with Crippen LogP contribution in [0.15, 0.2) is 0 Å². The van der Waals surface area contributed by atoms with Gasteiger partial charge >= 0.3 is 6.18 Å². The van der Waals surface area contributed by atoms with Crippen LogP contribution in [-0.2, 0) is 4.79 Å². The summed E-state index contributed by atoms with van der Waals surface area (Å²) in [7, 11) is 0. The molecule has 102 valence electrons. The molecule has 4 nitrogen and oxygen atoms in total. The molecule has 3 N–H and O–H groups in total. The van der Waals surface area contributed by atoms with Gasteiger partial charge in [0.05, 0.1) is 12.6 Å². The van der Waals surface area contributed by atoms with Crippen molar-refractivity contribution in [1.29, 1.82) is 0 Å². The number of hydrogen-bond acceptors (Lipinski definition) is 4. The quantitative estimate of drug-likeness (QED) is 0.707. The number of halogens is 3. The molecule has 0 bridgehead atoms. The second-order valence-electron chi connectivity index (χ2n) is 3.49. The Balaban J connectivity index is 4.42. The molecule has 1 amide bonds. The van der Waals surface area contributed by atoms with Gasteiger partial charge in [-0.3, -0.25) is 4.79 Å². The van der Waals surface area contributed by atoms with Crippen molar-refractivity contribution in [2.45, 2.75) is 18.6 Å². The first kappa shape index (κ1) is 16.5. The molecule has 0 aliphatic rings. The smallest absolute Gasteiger partial charge is 0.395 e. The molecule has 0 unspecified atom stereocenters. The van der Waals surface area contributed by atoms with E-state index >= 15 is 0 Å². The van der Waals surface area contributed by atoms with Gasteiger partial charge in [0.2, 0.25) is 5.91 Å². The molecule has 0 aliphatic carbocycles. The first-order chi connectivity index (χ1) is 7.81. The first-order valence-electron chi connectivity index (χ1n) is 5.02. The summed E-state index contributed by atoms with van der Waals surface area (Å²) >= 11 is 1.46. The molecule has 0 aromatic carbocycles. The summed E-state index contributed by atoms with van der Waals surface area (Å²) in [4.78, 5) is 12.1. The lowest BCUT2D eigenvalue weighted by Gasteiger charge is -2.25. The molecule has 17 heavy (non-hydrogen) atoms.